The van der Waals surface area contributed by atoms with E-state index in [1.54, 1.807) is 7.11 Å². The molecular formula is C11H22N2O2. The molecule has 3 unspecified atom stereocenters. The van der Waals surface area contributed by atoms with Crippen molar-refractivity contribution in [3.63, 3.8) is 0 Å². The van der Waals surface area contributed by atoms with Crippen molar-refractivity contribution in [1.29, 1.82) is 0 Å². The van der Waals surface area contributed by atoms with Crippen molar-refractivity contribution in [3.8, 4) is 0 Å². The van der Waals surface area contributed by atoms with Crippen LogP contribution in [0.3, 0.4) is 0 Å². The number of carbonyl (C=O) groups is 1. The topological polar surface area (TPSA) is 55.6 Å². The van der Waals surface area contributed by atoms with Crippen LogP contribution in [0.4, 0.5) is 0 Å². The van der Waals surface area contributed by atoms with Gasteiger partial charge in [-0.2, -0.15) is 0 Å². The van der Waals surface area contributed by atoms with Gasteiger partial charge in [-0.25, -0.2) is 0 Å². The van der Waals surface area contributed by atoms with Crippen LogP contribution in [0.25, 0.3) is 0 Å². The second kappa shape index (κ2) is 5.47. The first kappa shape index (κ1) is 12.5. The summed E-state index contributed by atoms with van der Waals surface area (Å²) in [4.78, 5) is 14.0. The van der Waals surface area contributed by atoms with Crippen LogP contribution >= 0.6 is 0 Å². The van der Waals surface area contributed by atoms with E-state index < -0.39 is 6.04 Å². The molecule has 4 heteroatoms. The van der Waals surface area contributed by atoms with Gasteiger partial charge in [-0.05, 0) is 26.2 Å². The Bertz CT molecular complexity index is 221. The Labute approximate surface area is 91.8 Å². The second-order valence-corrected chi connectivity index (χ2v) is 4.30. The summed E-state index contributed by atoms with van der Waals surface area (Å²) in [6, 6.07) is 0.186. The van der Waals surface area contributed by atoms with Crippen LogP contribution in [0, 0.1) is 0 Å². The molecule has 1 aliphatic heterocycles. The van der Waals surface area contributed by atoms with E-state index in [1.165, 1.54) is 0 Å². The highest BCUT2D eigenvalue weighted by atomic mass is 16.5. The summed E-state index contributed by atoms with van der Waals surface area (Å²) in [5.74, 6) is 0.0358. The van der Waals surface area contributed by atoms with Crippen LogP contribution in [-0.2, 0) is 9.53 Å². The summed E-state index contributed by atoms with van der Waals surface area (Å²) >= 11 is 0. The lowest BCUT2D eigenvalue weighted by atomic mass is 10.1. The number of nitrogens with two attached hydrogens (primary N) is 1. The maximum atomic E-state index is 12.0. The van der Waals surface area contributed by atoms with Crippen molar-refractivity contribution in [2.45, 2.75) is 51.2 Å². The number of hydrogen-bond donors (Lipinski definition) is 1. The molecule has 0 saturated carbocycles. The van der Waals surface area contributed by atoms with E-state index >= 15 is 0 Å². The van der Waals surface area contributed by atoms with E-state index in [4.69, 9.17) is 10.5 Å². The highest BCUT2D eigenvalue weighted by Gasteiger charge is 2.35. The van der Waals surface area contributed by atoms with Crippen molar-refractivity contribution in [1.82, 2.24) is 4.90 Å². The van der Waals surface area contributed by atoms with Gasteiger partial charge in [0.2, 0.25) is 5.91 Å². The molecule has 1 amide bonds. The van der Waals surface area contributed by atoms with Gasteiger partial charge in [-0.15, -0.1) is 0 Å². The normalized spacial score (nSPS) is 28.1. The quantitative estimate of drug-likeness (QED) is 0.751. The number of amides is 1. The molecule has 0 radical (unpaired) electrons. The highest BCUT2D eigenvalue weighted by Crippen LogP contribution is 2.26. The highest BCUT2D eigenvalue weighted by molar-refractivity contribution is 5.82. The Morgan fingerprint density at radius 2 is 2.27 bits per heavy atom. The van der Waals surface area contributed by atoms with Crippen molar-refractivity contribution >= 4 is 5.91 Å². The number of rotatable bonds is 4. The standard InChI is InChI=1S/C11H22N2O2/c1-4-9-6-5-8(2)13(9)11(14)10(12)7-15-3/h8-10H,4-7,12H2,1-3H3. The number of methoxy groups -OCH3 is 1. The first-order valence-corrected chi connectivity index (χ1v) is 5.68. The van der Waals surface area contributed by atoms with Gasteiger partial charge >= 0.3 is 0 Å². The molecule has 1 heterocycles. The third kappa shape index (κ3) is 2.69. The summed E-state index contributed by atoms with van der Waals surface area (Å²) in [7, 11) is 1.57. The average molecular weight is 214 g/mol. The van der Waals surface area contributed by atoms with E-state index in [-0.39, 0.29) is 5.91 Å². The minimum atomic E-state index is -0.510. The number of likely N-dealkylation sites (tertiary alicyclic amines) is 1. The summed E-state index contributed by atoms with van der Waals surface area (Å²) in [6.45, 7) is 4.51. The minimum absolute atomic E-state index is 0.0358. The number of ether oxygens (including phenoxy) is 1. The van der Waals surface area contributed by atoms with Crippen LogP contribution in [0.2, 0.25) is 0 Å². The average Bonchev–Trinajstić information content (AvgIpc) is 2.58. The molecule has 1 rings (SSSR count). The smallest absolute Gasteiger partial charge is 0.242 e. The molecule has 0 aromatic carbocycles. The van der Waals surface area contributed by atoms with Crippen LogP contribution in [0.15, 0.2) is 0 Å². The maximum Gasteiger partial charge on any atom is 0.242 e. The lowest BCUT2D eigenvalue weighted by Crippen LogP contribution is -2.50. The van der Waals surface area contributed by atoms with E-state index in [0.717, 1.165) is 19.3 Å². The molecule has 1 saturated heterocycles. The number of nitrogens with zero attached hydrogens (tertiary/aromatic N) is 1. The van der Waals surface area contributed by atoms with Gasteiger partial charge in [0.05, 0.1) is 6.61 Å². The molecule has 3 atom stereocenters. The molecule has 0 bridgehead atoms. The summed E-state index contributed by atoms with van der Waals surface area (Å²) in [6.07, 6.45) is 3.20. The minimum Gasteiger partial charge on any atom is -0.383 e. The van der Waals surface area contributed by atoms with Gasteiger partial charge in [0.25, 0.3) is 0 Å². The van der Waals surface area contributed by atoms with Gasteiger partial charge < -0.3 is 15.4 Å². The molecule has 0 aliphatic carbocycles. The van der Waals surface area contributed by atoms with Gasteiger partial charge in [-0.3, -0.25) is 4.79 Å². The zero-order valence-electron chi connectivity index (χ0n) is 9.90. The van der Waals surface area contributed by atoms with Crippen LogP contribution in [-0.4, -0.2) is 42.6 Å². The van der Waals surface area contributed by atoms with E-state index in [9.17, 15) is 4.79 Å². The van der Waals surface area contributed by atoms with E-state index in [0.29, 0.717) is 18.7 Å². The lowest BCUT2D eigenvalue weighted by Gasteiger charge is -2.30. The van der Waals surface area contributed by atoms with Crippen molar-refractivity contribution < 1.29 is 9.53 Å². The summed E-state index contributed by atoms with van der Waals surface area (Å²) < 4.78 is 4.92. The van der Waals surface area contributed by atoms with Gasteiger partial charge in [0.1, 0.15) is 6.04 Å². The van der Waals surface area contributed by atoms with Gasteiger partial charge in [-0.1, -0.05) is 6.92 Å². The predicted octanol–water partition coefficient (Wildman–Crippen LogP) is 0.750. The Kier molecular flexibility index (Phi) is 4.54. The van der Waals surface area contributed by atoms with E-state index in [2.05, 4.69) is 13.8 Å². The number of hydrogen-bond acceptors (Lipinski definition) is 3. The second-order valence-electron chi connectivity index (χ2n) is 4.30. The van der Waals surface area contributed by atoms with E-state index in [1.807, 2.05) is 4.90 Å². The van der Waals surface area contributed by atoms with Crippen molar-refractivity contribution in [2.24, 2.45) is 5.73 Å². The third-order valence-corrected chi connectivity index (χ3v) is 3.18. The van der Waals surface area contributed by atoms with Crippen molar-refractivity contribution in [2.75, 3.05) is 13.7 Å². The number of carbonyl (C=O) groups excluding carboxylic acids is 1. The van der Waals surface area contributed by atoms with Crippen LogP contribution < -0.4 is 5.73 Å². The zero-order valence-corrected chi connectivity index (χ0v) is 9.90. The zero-order chi connectivity index (χ0) is 11.4. The molecule has 0 aromatic rings. The molecular weight excluding hydrogens is 192 g/mol. The fourth-order valence-electron chi connectivity index (χ4n) is 2.31. The van der Waals surface area contributed by atoms with Crippen molar-refractivity contribution in [3.05, 3.63) is 0 Å². The first-order valence-electron chi connectivity index (χ1n) is 5.68. The molecule has 15 heavy (non-hydrogen) atoms. The predicted molar refractivity (Wildman–Crippen MR) is 59.5 cm³/mol. The Balaban J connectivity index is 2.63. The monoisotopic (exact) mass is 214 g/mol. The fraction of sp³-hybridized carbons (Fsp3) is 0.909. The summed E-state index contributed by atoms with van der Waals surface area (Å²) in [5, 5.41) is 0. The lowest BCUT2D eigenvalue weighted by molar-refractivity contribution is -0.136. The Morgan fingerprint density at radius 3 is 2.80 bits per heavy atom. The molecule has 4 nitrogen and oxygen atoms in total. The molecule has 1 aliphatic rings. The first-order chi connectivity index (χ1) is 7.11. The molecule has 0 aromatic heterocycles. The molecule has 0 spiro atoms. The van der Waals surface area contributed by atoms with Crippen LogP contribution in [0.1, 0.15) is 33.1 Å². The van der Waals surface area contributed by atoms with Crippen LogP contribution in [0.5, 0.6) is 0 Å². The Morgan fingerprint density at radius 1 is 1.60 bits per heavy atom. The maximum absolute atomic E-state index is 12.0. The van der Waals surface area contributed by atoms with Gasteiger partial charge in [0.15, 0.2) is 0 Å². The summed E-state index contributed by atoms with van der Waals surface area (Å²) in [5.41, 5.74) is 5.77. The fourth-order valence-corrected chi connectivity index (χ4v) is 2.31. The molecule has 1 fully saturated rings. The molecule has 88 valence electrons. The van der Waals surface area contributed by atoms with Gasteiger partial charge in [0, 0.05) is 19.2 Å². The SMILES string of the molecule is CCC1CCC(C)N1C(=O)C(N)COC. The Hall–Kier alpha value is -0.610. The largest absolute Gasteiger partial charge is 0.383 e. The molecule has 2 N–H and O–H groups in total. The third-order valence-electron chi connectivity index (χ3n) is 3.18.